The van der Waals surface area contributed by atoms with Gasteiger partial charge in [0, 0.05) is 11.1 Å². The van der Waals surface area contributed by atoms with Crippen LogP contribution in [-0.4, -0.2) is 23.3 Å². The SMILES string of the molecule is COc1ccc(CON2C(C)(C)CCCC2(C)C)cc1. The van der Waals surface area contributed by atoms with E-state index in [2.05, 4.69) is 44.9 Å². The van der Waals surface area contributed by atoms with Crippen LogP contribution in [0.4, 0.5) is 0 Å². The maximum Gasteiger partial charge on any atom is 0.118 e. The predicted molar refractivity (Wildman–Crippen MR) is 81.6 cm³/mol. The number of ether oxygens (including phenoxy) is 1. The Kier molecular flexibility index (Phi) is 4.40. The molecule has 112 valence electrons. The van der Waals surface area contributed by atoms with Gasteiger partial charge in [0.2, 0.25) is 0 Å². The molecule has 20 heavy (non-hydrogen) atoms. The molecule has 1 aliphatic rings. The number of benzene rings is 1. The second-order valence-electron chi connectivity index (χ2n) is 6.89. The Morgan fingerprint density at radius 2 is 1.55 bits per heavy atom. The molecule has 0 N–H and O–H groups in total. The summed E-state index contributed by atoms with van der Waals surface area (Å²) in [6.07, 6.45) is 3.63. The Balaban J connectivity index is 2.03. The minimum Gasteiger partial charge on any atom is -0.497 e. The highest BCUT2D eigenvalue weighted by Crippen LogP contribution is 2.38. The van der Waals surface area contributed by atoms with Gasteiger partial charge >= 0.3 is 0 Å². The minimum absolute atomic E-state index is 0.0915. The second kappa shape index (κ2) is 5.74. The van der Waals surface area contributed by atoms with E-state index in [1.54, 1.807) is 7.11 Å². The summed E-state index contributed by atoms with van der Waals surface area (Å²) < 4.78 is 5.18. The molecule has 1 aliphatic heterocycles. The number of nitrogens with zero attached hydrogens (tertiary/aromatic N) is 1. The fraction of sp³-hybridized carbons (Fsp3) is 0.647. The molecule has 1 aromatic carbocycles. The maximum absolute atomic E-state index is 6.17. The first kappa shape index (κ1) is 15.3. The average molecular weight is 277 g/mol. The number of methoxy groups -OCH3 is 1. The van der Waals surface area contributed by atoms with Crippen LogP contribution in [0.2, 0.25) is 0 Å². The molecular weight excluding hydrogens is 250 g/mol. The van der Waals surface area contributed by atoms with Crippen molar-refractivity contribution in [3.63, 3.8) is 0 Å². The third-order valence-electron chi connectivity index (χ3n) is 4.20. The summed E-state index contributed by atoms with van der Waals surface area (Å²) in [4.78, 5) is 6.17. The van der Waals surface area contributed by atoms with Gasteiger partial charge in [0.25, 0.3) is 0 Å². The van der Waals surface area contributed by atoms with Crippen LogP contribution in [0.5, 0.6) is 5.75 Å². The van der Waals surface area contributed by atoms with Crippen molar-refractivity contribution in [1.29, 1.82) is 0 Å². The topological polar surface area (TPSA) is 21.7 Å². The van der Waals surface area contributed by atoms with Gasteiger partial charge in [-0.3, -0.25) is 4.84 Å². The van der Waals surface area contributed by atoms with Crippen molar-refractivity contribution < 1.29 is 9.57 Å². The number of hydrogen-bond acceptors (Lipinski definition) is 3. The Morgan fingerprint density at radius 3 is 2.05 bits per heavy atom. The molecule has 0 aromatic heterocycles. The van der Waals surface area contributed by atoms with Gasteiger partial charge in [-0.25, -0.2) is 0 Å². The molecule has 1 aromatic rings. The molecular formula is C17H27NO2. The van der Waals surface area contributed by atoms with Crippen molar-refractivity contribution in [3.05, 3.63) is 29.8 Å². The summed E-state index contributed by atoms with van der Waals surface area (Å²) in [6, 6.07) is 8.07. The van der Waals surface area contributed by atoms with E-state index in [1.807, 2.05) is 12.1 Å². The number of rotatable bonds is 4. The van der Waals surface area contributed by atoms with E-state index in [0.717, 1.165) is 5.75 Å². The van der Waals surface area contributed by atoms with Gasteiger partial charge in [-0.2, -0.15) is 5.06 Å². The van der Waals surface area contributed by atoms with E-state index < -0.39 is 0 Å². The van der Waals surface area contributed by atoms with Gasteiger partial charge in [-0.05, 0) is 64.7 Å². The van der Waals surface area contributed by atoms with Crippen molar-refractivity contribution in [2.45, 2.75) is 64.6 Å². The molecule has 0 unspecified atom stereocenters. The van der Waals surface area contributed by atoms with Crippen molar-refractivity contribution in [2.75, 3.05) is 7.11 Å². The third-order valence-corrected chi connectivity index (χ3v) is 4.20. The van der Waals surface area contributed by atoms with Crippen LogP contribution in [-0.2, 0) is 11.4 Å². The normalized spacial score (nSPS) is 21.6. The van der Waals surface area contributed by atoms with Gasteiger partial charge < -0.3 is 4.74 Å². The Bertz CT molecular complexity index is 421. The summed E-state index contributed by atoms with van der Waals surface area (Å²) >= 11 is 0. The molecule has 2 rings (SSSR count). The van der Waals surface area contributed by atoms with Gasteiger partial charge in [0.05, 0.1) is 13.7 Å². The molecule has 0 spiro atoms. The van der Waals surface area contributed by atoms with E-state index in [4.69, 9.17) is 9.57 Å². The summed E-state index contributed by atoms with van der Waals surface area (Å²) in [5.74, 6) is 0.882. The standard InChI is InChI=1S/C17H27NO2/c1-16(2)11-6-12-17(3,4)18(16)20-13-14-7-9-15(19-5)10-8-14/h7-10H,6,11-13H2,1-5H3. The highest BCUT2D eigenvalue weighted by atomic mass is 16.7. The summed E-state index contributed by atoms with van der Waals surface area (Å²) in [5.41, 5.74) is 1.35. The molecule has 0 radical (unpaired) electrons. The molecule has 3 nitrogen and oxygen atoms in total. The van der Waals surface area contributed by atoms with E-state index in [1.165, 1.54) is 24.8 Å². The lowest BCUT2D eigenvalue weighted by Crippen LogP contribution is -2.58. The van der Waals surface area contributed by atoms with Crippen LogP contribution in [0.1, 0.15) is 52.5 Å². The van der Waals surface area contributed by atoms with E-state index in [-0.39, 0.29) is 11.1 Å². The summed E-state index contributed by atoms with van der Waals surface area (Å²) in [6.45, 7) is 9.67. The van der Waals surface area contributed by atoms with Crippen molar-refractivity contribution in [3.8, 4) is 5.75 Å². The predicted octanol–water partition coefficient (Wildman–Crippen LogP) is 4.17. The zero-order chi connectivity index (χ0) is 14.8. The monoisotopic (exact) mass is 277 g/mol. The van der Waals surface area contributed by atoms with E-state index in [9.17, 15) is 0 Å². The minimum atomic E-state index is 0.0915. The average Bonchev–Trinajstić information content (AvgIpc) is 2.37. The molecule has 0 aliphatic carbocycles. The van der Waals surface area contributed by atoms with Crippen molar-refractivity contribution in [1.82, 2.24) is 5.06 Å². The van der Waals surface area contributed by atoms with Crippen LogP contribution in [0.25, 0.3) is 0 Å². The lowest BCUT2D eigenvalue weighted by molar-refractivity contribution is -0.288. The molecule has 0 saturated carbocycles. The second-order valence-corrected chi connectivity index (χ2v) is 6.89. The molecule has 1 saturated heterocycles. The first-order chi connectivity index (χ1) is 9.35. The Labute approximate surface area is 122 Å². The van der Waals surface area contributed by atoms with Gasteiger partial charge in [-0.15, -0.1) is 0 Å². The highest BCUT2D eigenvalue weighted by Gasteiger charge is 2.42. The zero-order valence-corrected chi connectivity index (χ0v) is 13.4. The van der Waals surface area contributed by atoms with Crippen LogP contribution in [0.15, 0.2) is 24.3 Å². The van der Waals surface area contributed by atoms with Crippen LogP contribution >= 0.6 is 0 Å². The quantitative estimate of drug-likeness (QED) is 0.824. The fourth-order valence-corrected chi connectivity index (χ4v) is 3.19. The first-order valence-electron chi connectivity index (χ1n) is 7.41. The van der Waals surface area contributed by atoms with Gasteiger partial charge in [0.15, 0.2) is 0 Å². The molecule has 1 fully saturated rings. The Morgan fingerprint density at radius 1 is 1.00 bits per heavy atom. The highest BCUT2D eigenvalue weighted by molar-refractivity contribution is 5.26. The van der Waals surface area contributed by atoms with Crippen LogP contribution < -0.4 is 4.74 Å². The molecule has 0 atom stereocenters. The number of hydrogen-bond donors (Lipinski definition) is 0. The van der Waals surface area contributed by atoms with Crippen LogP contribution in [0.3, 0.4) is 0 Å². The lowest BCUT2D eigenvalue weighted by atomic mass is 9.82. The van der Waals surface area contributed by atoms with Gasteiger partial charge in [0.1, 0.15) is 5.75 Å². The van der Waals surface area contributed by atoms with E-state index >= 15 is 0 Å². The summed E-state index contributed by atoms with van der Waals surface area (Å²) in [5, 5.41) is 2.20. The van der Waals surface area contributed by atoms with Gasteiger partial charge in [-0.1, -0.05) is 12.1 Å². The Hall–Kier alpha value is -1.06. The summed E-state index contributed by atoms with van der Waals surface area (Å²) in [7, 11) is 1.68. The maximum atomic E-state index is 6.17. The number of piperidine rings is 1. The van der Waals surface area contributed by atoms with E-state index in [0.29, 0.717) is 6.61 Å². The zero-order valence-electron chi connectivity index (χ0n) is 13.4. The number of hydroxylamine groups is 2. The largest absolute Gasteiger partial charge is 0.497 e. The lowest BCUT2D eigenvalue weighted by Gasteiger charge is -2.51. The molecule has 0 amide bonds. The fourth-order valence-electron chi connectivity index (χ4n) is 3.19. The van der Waals surface area contributed by atoms with Crippen molar-refractivity contribution in [2.24, 2.45) is 0 Å². The smallest absolute Gasteiger partial charge is 0.118 e. The third kappa shape index (κ3) is 3.33. The molecule has 3 heteroatoms. The first-order valence-corrected chi connectivity index (χ1v) is 7.41. The molecule has 1 heterocycles. The van der Waals surface area contributed by atoms with Crippen LogP contribution in [0, 0.1) is 0 Å². The molecule has 0 bridgehead atoms. The van der Waals surface area contributed by atoms with Crippen molar-refractivity contribution >= 4 is 0 Å².